The van der Waals surface area contributed by atoms with E-state index in [4.69, 9.17) is 5.73 Å². The molecule has 2 N–H and O–H groups in total. The van der Waals surface area contributed by atoms with Gasteiger partial charge < -0.3 is 15.5 Å². The van der Waals surface area contributed by atoms with Crippen LogP contribution in [0.15, 0.2) is 18.3 Å². The standard InChI is InChI=1S/C14H24N4/c1-11(15)13-4-5-14(16-8-13)18(3)10-12-6-7-17(2)9-12/h4-5,8,11-12H,6-7,9-10,15H2,1-3H3. The molecule has 0 spiro atoms. The van der Waals surface area contributed by atoms with E-state index < -0.39 is 0 Å². The van der Waals surface area contributed by atoms with Gasteiger partial charge in [-0.3, -0.25) is 0 Å². The molecule has 1 aromatic heterocycles. The van der Waals surface area contributed by atoms with Gasteiger partial charge in [0.15, 0.2) is 0 Å². The van der Waals surface area contributed by atoms with Crippen molar-refractivity contribution in [1.29, 1.82) is 0 Å². The van der Waals surface area contributed by atoms with Crippen LogP contribution in [0.4, 0.5) is 5.82 Å². The maximum absolute atomic E-state index is 5.83. The summed E-state index contributed by atoms with van der Waals surface area (Å²) in [6.45, 7) is 5.47. The van der Waals surface area contributed by atoms with E-state index in [1.807, 2.05) is 13.1 Å². The quantitative estimate of drug-likeness (QED) is 0.877. The Kier molecular flexibility index (Phi) is 4.19. The molecule has 1 aliphatic rings. The first kappa shape index (κ1) is 13.3. The van der Waals surface area contributed by atoms with Crippen LogP contribution in [0.25, 0.3) is 0 Å². The number of anilines is 1. The average Bonchev–Trinajstić information content (AvgIpc) is 2.75. The Hall–Kier alpha value is -1.13. The highest BCUT2D eigenvalue weighted by Gasteiger charge is 2.21. The van der Waals surface area contributed by atoms with Crippen LogP contribution in [0, 0.1) is 5.92 Å². The van der Waals surface area contributed by atoms with Gasteiger partial charge in [-0.25, -0.2) is 4.98 Å². The van der Waals surface area contributed by atoms with E-state index in [-0.39, 0.29) is 6.04 Å². The zero-order chi connectivity index (χ0) is 13.1. The minimum atomic E-state index is 0.0559. The summed E-state index contributed by atoms with van der Waals surface area (Å²) in [6, 6.07) is 4.20. The summed E-state index contributed by atoms with van der Waals surface area (Å²) in [6.07, 6.45) is 3.18. The van der Waals surface area contributed by atoms with E-state index >= 15 is 0 Å². The second-order valence-corrected chi connectivity index (χ2v) is 5.54. The number of hydrogen-bond acceptors (Lipinski definition) is 4. The third-order valence-corrected chi connectivity index (χ3v) is 3.71. The Bertz CT molecular complexity index is 374. The Morgan fingerprint density at radius 1 is 1.56 bits per heavy atom. The maximum Gasteiger partial charge on any atom is 0.128 e. The molecule has 0 saturated carbocycles. The number of pyridine rings is 1. The Morgan fingerprint density at radius 3 is 2.83 bits per heavy atom. The van der Waals surface area contributed by atoms with Crippen LogP contribution in [0.1, 0.15) is 24.9 Å². The lowest BCUT2D eigenvalue weighted by atomic mass is 10.1. The first-order valence-corrected chi connectivity index (χ1v) is 6.67. The molecule has 100 valence electrons. The molecule has 1 saturated heterocycles. The molecule has 4 heteroatoms. The molecule has 18 heavy (non-hydrogen) atoms. The minimum absolute atomic E-state index is 0.0559. The monoisotopic (exact) mass is 248 g/mol. The van der Waals surface area contributed by atoms with E-state index in [9.17, 15) is 0 Å². The average molecular weight is 248 g/mol. The second kappa shape index (κ2) is 5.67. The normalized spacial score (nSPS) is 22.1. The van der Waals surface area contributed by atoms with Gasteiger partial charge in [0.25, 0.3) is 0 Å². The second-order valence-electron chi connectivity index (χ2n) is 5.54. The number of aromatic nitrogens is 1. The first-order valence-electron chi connectivity index (χ1n) is 6.67. The van der Waals surface area contributed by atoms with Gasteiger partial charge in [-0.05, 0) is 44.5 Å². The van der Waals surface area contributed by atoms with Crippen LogP contribution >= 0.6 is 0 Å². The molecule has 2 rings (SSSR count). The third-order valence-electron chi connectivity index (χ3n) is 3.71. The van der Waals surface area contributed by atoms with Crippen LogP contribution < -0.4 is 10.6 Å². The van der Waals surface area contributed by atoms with Crippen LogP contribution in [-0.4, -0.2) is 43.6 Å². The minimum Gasteiger partial charge on any atom is -0.359 e. The predicted molar refractivity (Wildman–Crippen MR) is 75.7 cm³/mol. The molecule has 1 fully saturated rings. The van der Waals surface area contributed by atoms with Crippen molar-refractivity contribution >= 4 is 5.82 Å². The van der Waals surface area contributed by atoms with Crippen molar-refractivity contribution in [3.8, 4) is 0 Å². The molecular formula is C14H24N4. The van der Waals surface area contributed by atoms with Gasteiger partial charge in [-0.2, -0.15) is 0 Å². The zero-order valence-corrected chi connectivity index (χ0v) is 11.6. The van der Waals surface area contributed by atoms with Gasteiger partial charge in [0.05, 0.1) is 0 Å². The fraction of sp³-hybridized carbons (Fsp3) is 0.643. The maximum atomic E-state index is 5.83. The lowest BCUT2D eigenvalue weighted by Crippen LogP contribution is -2.27. The van der Waals surface area contributed by atoms with E-state index in [0.29, 0.717) is 0 Å². The van der Waals surface area contributed by atoms with Crippen LogP contribution in [-0.2, 0) is 0 Å². The number of nitrogens with two attached hydrogens (primary N) is 1. The number of nitrogens with zero attached hydrogens (tertiary/aromatic N) is 3. The summed E-state index contributed by atoms with van der Waals surface area (Å²) in [4.78, 5) is 9.13. The lowest BCUT2D eigenvalue weighted by Gasteiger charge is -2.22. The molecule has 2 atom stereocenters. The summed E-state index contributed by atoms with van der Waals surface area (Å²) in [5, 5.41) is 0. The molecule has 0 radical (unpaired) electrons. The molecule has 2 heterocycles. The number of likely N-dealkylation sites (tertiary alicyclic amines) is 1. The van der Waals surface area contributed by atoms with Crippen molar-refractivity contribution in [1.82, 2.24) is 9.88 Å². The first-order chi connectivity index (χ1) is 8.56. The van der Waals surface area contributed by atoms with E-state index in [1.165, 1.54) is 19.5 Å². The molecule has 2 unspecified atom stereocenters. The molecule has 0 aromatic carbocycles. The molecule has 1 aliphatic heterocycles. The van der Waals surface area contributed by atoms with Crippen LogP contribution in [0.5, 0.6) is 0 Å². The predicted octanol–water partition coefficient (Wildman–Crippen LogP) is 1.49. The van der Waals surface area contributed by atoms with Crippen molar-refractivity contribution in [3.63, 3.8) is 0 Å². The van der Waals surface area contributed by atoms with Gasteiger partial charge in [-0.15, -0.1) is 0 Å². The molecule has 0 bridgehead atoms. The van der Waals surface area contributed by atoms with Crippen molar-refractivity contribution in [2.45, 2.75) is 19.4 Å². The Labute approximate surface area is 110 Å². The Balaban J connectivity index is 1.94. The van der Waals surface area contributed by atoms with Crippen LogP contribution in [0.2, 0.25) is 0 Å². The fourth-order valence-electron chi connectivity index (χ4n) is 2.55. The smallest absolute Gasteiger partial charge is 0.128 e. The molecular weight excluding hydrogens is 224 g/mol. The summed E-state index contributed by atoms with van der Waals surface area (Å²) in [5.41, 5.74) is 6.92. The highest BCUT2D eigenvalue weighted by Crippen LogP contribution is 2.19. The molecule has 0 amide bonds. The highest BCUT2D eigenvalue weighted by molar-refractivity contribution is 5.38. The van der Waals surface area contributed by atoms with Gasteiger partial charge in [0.2, 0.25) is 0 Å². The van der Waals surface area contributed by atoms with E-state index in [0.717, 1.165) is 23.8 Å². The van der Waals surface area contributed by atoms with Gasteiger partial charge >= 0.3 is 0 Å². The van der Waals surface area contributed by atoms with Crippen molar-refractivity contribution < 1.29 is 0 Å². The fourth-order valence-corrected chi connectivity index (χ4v) is 2.55. The Morgan fingerprint density at radius 2 is 2.33 bits per heavy atom. The summed E-state index contributed by atoms with van der Waals surface area (Å²) in [5.74, 6) is 1.80. The summed E-state index contributed by atoms with van der Waals surface area (Å²) < 4.78 is 0. The van der Waals surface area contributed by atoms with Gasteiger partial charge in [0, 0.05) is 32.4 Å². The topological polar surface area (TPSA) is 45.4 Å². The lowest BCUT2D eigenvalue weighted by molar-refractivity contribution is 0.395. The van der Waals surface area contributed by atoms with Gasteiger partial charge in [0.1, 0.15) is 5.82 Å². The highest BCUT2D eigenvalue weighted by atomic mass is 15.2. The van der Waals surface area contributed by atoms with E-state index in [1.54, 1.807) is 0 Å². The largest absolute Gasteiger partial charge is 0.359 e. The van der Waals surface area contributed by atoms with Crippen molar-refractivity contribution in [3.05, 3.63) is 23.9 Å². The molecule has 4 nitrogen and oxygen atoms in total. The summed E-state index contributed by atoms with van der Waals surface area (Å²) in [7, 11) is 4.31. The molecule has 0 aliphatic carbocycles. The van der Waals surface area contributed by atoms with Crippen molar-refractivity contribution in [2.24, 2.45) is 11.7 Å². The third kappa shape index (κ3) is 3.21. The van der Waals surface area contributed by atoms with Crippen LogP contribution in [0.3, 0.4) is 0 Å². The van der Waals surface area contributed by atoms with Crippen molar-refractivity contribution in [2.75, 3.05) is 38.6 Å². The number of rotatable bonds is 4. The van der Waals surface area contributed by atoms with Gasteiger partial charge in [-0.1, -0.05) is 6.07 Å². The van der Waals surface area contributed by atoms with E-state index in [2.05, 4.69) is 41.0 Å². The summed E-state index contributed by atoms with van der Waals surface area (Å²) >= 11 is 0. The SMILES string of the molecule is CC(N)c1ccc(N(C)CC2CCN(C)C2)nc1. The zero-order valence-electron chi connectivity index (χ0n) is 11.6. The number of hydrogen-bond donors (Lipinski definition) is 1. The molecule has 1 aromatic rings.